The van der Waals surface area contributed by atoms with E-state index in [1.54, 1.807) is 18.4 Å². The zero-order valence-electron chi connectivity index (χ0n) is 10.6. The fourth-order valence-corrected chi connectivity index (χ4v) is 3.98. The predicted molar refractivity (Wildman–Crippen MR) is 79.7 cm³/mol. The van der Waals surface area contributed by atoms with Crippen LogP contribution in [0.15, 0.2) is 23.6 Å². The van der Waals surface area contributed by atoms with Gasteiger partial charge in [0.15, 0.2) is 0 Å². The number of thiophene rings is 2. The van der Waals surface area contributed by atoms with Crippen molar-refractivity contribution in [2.75, 3.05) is 13.7 Å². The maximum atomic E-state index is 11.8. The third-order valence-electron chi connectivity index (χ3n) is 2.90. The molecule has 0 aliphatic heterocycles. The Kier molecular flexibility index (Phi) is 3.16. The van der Waals surface area contributed by atoms with Crippen LogP contribution in [0, 0.1) is 0 Å². The van der Waals surface area contributed by atoms with Crippen molar-refractivity contribution in [1.82, 2.24) is 0 Å². The number of fused-ring (bicyclic) bond motifs is 3. The van der Waals surface area contributed by atoms with Gasteiger partial charge in [0, 0.05) is 15.5 Å². The fraction of sp³-hybridized carbons (Fsp3) is 0.214. The van der Waals surface area contributed by atoms with Crippen LogP contribution in [0.1, 0.15) is 16.6 Å². The molecular weight excluding hydrogens is 280 g/mol. The highest BCUT2D eigenvalue weighted by molar-refractivity contribution is 7.21. The number of methoxy groups -OCH3 is 1. The van der Waals surface area contributed by atoms with Crippen molar-refractivity contribution in [3.8, 4) is 5.75 Å². The lowest BCUT2D eigenvalue weighted by atomic mass is 10.1. The first kappa shape index (κ1) is 12.4. The lowest BCUT2D eigenvalue weighted by Gasteiger charge is -2.01. The number of rotatable bonds is 3. The largest absolute Gasteiger partial charge is 0.495 e. The van der Waals surface area contributed by atoms with Crippen LogP contribution >= 0.6 is 22.7 Å². The molecule has 1 aromatic carbocycles. The highest BCUT2D eigenvalue weighted by atomic mass is 32.1. The molecule has 0 atom stereocenters. The minimum atomic E-state index is -0.258. The topological polar surface area (TPSA) is 35.5 Å². The molecule has 5 heteroatoms. The monoisotopic (exact) mass is 292 g/mol. The Morgan fingerprint density at radius 3 is 2.89 bits per heavy atom. The quantitative estimate of drug-likeness (QED) is 0.675. The van der Waals surface area contributed by atoms with Crippen molar-refractivity contribution >= 4 is 48.8 Å². The summed E-state index contributed by atoms with van der Waals surface area (Å²) in [6, 6.07) is 5.96. The molecule has 0 saturated carbocycles. The number of benzene rings is 1. The van der Waals surface area contributed by atoms with E-state index in [9.17, 15) is 4.79 Å². The highest BCUT2D eigenvalue weighted by Gasteiger charge is 2.15. The van der Waals surface area contributed by atoms with Crippen molar-refractivity contribution in [3.63, 3.8) is 0 Å². The molecule has 19 heavy (non-hydrogen) atoms. The summed E-state index contributed by atoms with van der Waals surface area (Å²) >= 11 is 3.09. The molecule has 0 fully saturated rings. The van der Waals surface area contributed by atoms with Crippen LogP contribution in [0.2, 0.25) is 0 Å². The van der Waals surface area contributed by atoms with Crippen molar-refractivity contribution in [1.29, 1.82) is 0 Å². The minimum Gasteiger partial charge on any atom is -0.495 e. The first-order valence-electron chi connectivity index (χ1n) is 5.89. The molecule has 2 heterocycles. The van der Waals surface area contributed by atoms with Crippen molar-refractivity contribution < 1.29 is 14.3 Å². The molecule has 0 N–H and O–H groups in total. The lowest BCUT2D eigenvalue weighted by Crippen LogP contribution is -2.01. The van der Waals surface area contributed by atoms with E-state index >= 15 is 0 Å². The normalized spacial score (nSPS) is 11.1. The van der Waals surface area contributed by atoms with E-state index < -0.39 is 0 Å². The van der Waals surface area contributed by atoms with Crippen LogP contribution in [-0.4, -0.2) is 19.7 Å². The molecule has 0 saturated heterocycles. The van der Waals surface area contributed by atoms with E-state index in [0.29, 0.717) is 11.5 Å². The van der Waals surface area contributed by atoms with Gasteiger partial charge < -0.3 is 9.47 Å². The van der Waals surface area contributed by atoms with Crippen LogP contribution in [0.5, 0.6) is 5.75 Å². The summed E-state index contributed by atoms with van der Waals surface area (Å²) in [7, 11) is 1.67. The Morgan fingerprint density at radius 2 is 2.16 bits per heavy atom. The molecule has 0 bridgehead atoms. The Balaban J connectivity index is 2.24. The number of esters is 1. The van der Waals surface area contributed by atoms with Crippen molar-refractivity contribution in [3.05, 3.63) is 28.5 Å². The Morgan fingerprint density at radius 1 is 1.32 bits per heavy atom. The summed E-state index contributed by atoms with van der Waals surface area (Å²) in [6.45, 7) is 2.20. The second-order valence-electron chi connectivity index (χ2n) is 3.99. The summed E-state index contributed by atoms with van der Waals surface area (Å²) < 4.78 is 12.6. The van der Waals surface area contributed by atoms with Crippen LogP contribution in [0.3, 0.4) is 0 Å². The average Bonchev–Trinajstić information content (AvgIpc) is 3.03. The number of carbonyl (C=O) groups is 1. The third-order valence-corrected chi connectivity index (χ3v) is 4.89. The van der Waals surface area contributed by atoms with Gasteiger partial charge in [-0.15, -0.1) is 22.7 Å². The first-order chi connectivity index (χ1) is 9.24. The Hall–Kier alpha value is -1.59. The molecule has 3 rings (SSSR count). The van der Waals surface area contributed by atoms with Gasteiger partial charge in [0.2, 0.25) is 0 Å². The molecule has 3 aromatic rings. The number of hydrogen-bond acceptors (Lipinski definition) is 5. The number of ether oxygens (including phenoxy) is 2. The Bertz CT molecular complexity index is 755. The van der Waals surface area contributed by atoms with E-state index in [2.05, 4.69) is 6.07 Å². The molecule has 0 unspecified atom stereocenters. The van der Waals surface area contributed by atoms with Crippen LogP contribution in [0.4, 0.5) is 0 Å². The molecule has 0 aliphatic rings. The number of hydrogen-bond donors (Lipinski definition) is 0. The molecule has 0 aliphatic carbocycles. The predicted octanol–water partition coefficient (Wildman–Crippen LogP) is 4.30. The van der Waals surface area contributed by atoms with Gasteiger partial charge >= 0.3 is 5.97 Å². The van der Waals surface area contributed by atoms with Crippen molar-refractivity contribution in [2.45, 2.75) is 6.92 Å². The van der Waals surface area contributed by atoms with Gasteiger partial charge in [-0.25, -0.2) is 4.79 Å². The summed E-state index contributed by atoms with van der Waals surface area (Å²) in [6.07, 6.45) is 0. The van der Waals surface area contributed by atoms with E-state index in [1.165, 1.54) is 11.3 Å². The van der Waals surface area contributed by atoms with E-state index in [1.807, 2.05) is 24.4 Å². The molecule has 98 valence electrons. The van der Waals surface area contributed by atoms with E-state index in [0.717, 1.165) is 25.9 Å². The van der Waals surface area contributed by atoms with Gasteiger partial charge in [0.25, 0.3) is 0 Å². The van der Waals surface area contributed by atoms with Crippen LogP contribution in [0.25, 0.3) is 20.2 Å². The fourth-order valence-electron chi connectivity index (χ4n) is 2.07. The molecular formula is C14H12O3S2. The maximum absolute atomic E-state index is 11.8. The average molecular weight is 292 g/mol. The van der Waals surface area contributed by atoms with Crippen LogP contribution < -0.4 is 4.74 Å². The van der Waals surface area contributed by atoms with Gasteiger partial charge in [0.05, 0.1) is 18.4 Å². The van der Waals surface area contributed by atoms with E-state index in [-0.39, 0.29) is 5.97 Å². The molecule has 0 amide bonds. The SMILES string of the molecule is CCOC(=O)c1cc2c(cc(OC)c3sccc32)s1. The first-order valence-corrected chi connectivity index (χ1v) is 7.59. The molecule has 2 aromatic heterocycles. The number of carbonyl (C=O) groups excluding carboxylic acids is 1. The lowest BCUT2D eigenvalue weighted by molar-refractivity contribution is 0.0532. The maximum Gasteiger partial charge on any atom is 0.348 e. The van der Waals surface area contributed by atoms with Gasteiger partial charge in [-0.05, 0) is 30.5 Å². The van der Waals surface area contributed by atoms with Gasteiger partial charge in [-0.3, -0.25) is 0 Å². The van der Waals surface area contributed by atoms with Gasteiger partial charge in [0.1, 0.15) is 10.6 Å². The second-order valence-corrected chi connectivity index (χ2v) is 5.99. The standard InChI is InChI=1S/C14H12O3S2/c1-3-17-14(15)12-6-9-8-4-5-18-13(8)10(16-2)7-11(9)19-12/h4-7H,3H2,1-2H3. The second kappa shape index (κ2) is 4.83. The highest BCUT2D eigenvalue weighted by Crippen LogP contribution is 2.40. The molecule has 3 nitrogen and oxygen atoms in total. The minimum absolute atomic E-state index is 0.258. The van der Waals surface area contributed by atoms with Crippen LogP contribution in [-0.2, 0) is 4.74 Å². The zero-order valence-corrected chi connectivity index (χ0v) is 12.2. The summed E-state index contributed by atoms with van der Waals surface area (Å²) in [4.78, 5) is 12.4. The summed E-state index contributed by atoms with van der Waals surface area (Å²) in [5.41, 5.74) is 0. The summed E-state index contributed by atoms with van der Waals surface area (Å²) in [5.74, 6) is 0.598. The molecule has 0 spiro atoms. The molecule has 0 radical (unpaired) electrons. The van der Waals surface area contributed by atoms with E-state index in [4.69, 9.17) is 9.47 Å². The smallest absolute Gasteiger partial charge is 0.348 e. The third kappa shape index (κ3) is 1.99. The van der Waals surface area contributed by atoms with Gasteiger partial charge in [-0.2, -0.15) is 0 Å². The van der Waals surface area contributed by atoms with Gasteiger partial charge in [-0.1, -0.05) is 0 Å². The zero-order chi connectivity index (χ0) is 13.4. The van der Waals surface area contributed by atoms with Crippen molar-refractivity contribution in [2.24, 2.45) is 0 Å². The Labute approximate surface area is 118 Å². The summed E-state index contributed by atoms with van der Waals surface area (Å²) in [5, 5.41) is 4.25.